The third-order valence-electron chi connectivity index (χ3n) is 4.27. The van der Waals surface area contributed by atoms with Gasteiger partial charge >= 0.3 is 0 Å². The Balaban J connectivity index is 2.13. The predicted octanol–water partition coefficient (Wildman–Crippen LogP) is 1.30. The summed E-state index contributed by atoms with van der Waals surface area (Å²) in [5.41, 5.74) is 6.52. The van der Waals surface area contributed by atoms with Gasteiger partial charge in [0.1, 0.15) is 18.0 Å². The number of nitrogens with zero attached hydrogens (tertiary/aromatic N) is 1. The van der Waals surface area contributed by atoms with Crippen molar-refractivity contribution in [2.24, 2.45) is 5.92 Å². The van der Waals surface area contributed by atoms with E-state index in [1.807, 2.05) is 0 Å². The molecule has 1 aromatic carbocycles. The molecule has 0 aliphatic carbocycles. The summed E-state index contributed by atoms with van der Waals surface area (Å²) >= 11 is 0. The Bertz CT molecular complexity index is 859. The molecule has 0 radical (unpaired) electrons. The van der Waals surface area contributed by atoms with Gasteiger partial charge in [-0.25, -0.2) is 13.8 Å². The number of pyridine rings is 1. The summed E-state index contributed by atoms with van der Waals surface area (Å²) < 4.78 is 26.7. The Morgan fingerprint density at radius 2 is 1.79 bits per heavy atom. The van der Waals surface area contributed by atoms with Crippen LogP contribution >= 0.6 is 0 Å². The normalized spacial score (nSPS) is 13.0. The molecule has 29 heavy (non-hydrogen) atoms. The fourth-order valence-corrected chi connectivity index (χ4v) is 2.52. The Labute approximate surface area is 167 Å². The van der Waals surface area contributed by atoms with Crippen molar-refractivity contribution in [1.29, 1.82) is 0 Å². The van der Waals surface area contributed by atoms with Gasteiger partial charge in [-0.15, -0.1) is 0 Å². The Hall–Kier alpha value is -3.07. The van der Waals surface area contributed by atoms with Gasteiger partial charge < -0.3 is 21.5 Å². The van der Waals surface area contributed by atoms with E-state index in [9.17, 15) is 23.5 Å². The van der Waals surface area contributed by atoms with Crippen LogP contribution in [0.4, 0.5) is 14.6 Å². The number of rotatable bonds is 8. The Morgan fingerprint density at radius 3 is 2.38 bits per heavy atom. The van der Waals surface area contributed by atoms with Crippen molar-refractivity contribution in [3.8, 4) is 0 Å². The molecule has 1 aromatic heterocycles. The van der Waals surface area contributed by atoms with Gasteiger partial charge in [0.25, 0.3) is 0 Å². The van der Waals surface area contributed by atoms with Crippen molar-refractivity contribution in [2.45, 2.75) is 39.0 Å². The van der Waals surface area contributed by atoms with Crippen molar-refractivity contribution in [3.05, 3.63) is 59.3 Å². The second-order valence-corrected chi connectivity index (χ2v) is 7.01. The molecule has 0 fully saturated rings. The maximum absolute atomic E-state index is 13.5. The molecule has 0 aliphatic heterocycles. The van der Waals surface area contributed by atoms with Crippen molar-refractivity contribution >= 4 is 17.6 Å². The number of aliphatic hydroxyl groups excluding tert-OH is 1. The molecule has 156 valence electrons. The third kappa shape index (κ3) is 6.49. The number of carbonyl (C=O) groups excluding carboxylic acids is 2. The van der Waals surface area contributed by atoms with Crippen LogP contribution in [0, 0.1) is 17.6 Å². The summed E-state index contributed by atoms with van der Waals surface area (Å²) in [6, 6.07) is 5.42. The van der Waals surface area contributed by atoms with Crippen LogP contribution in [0.5, 0.6) is 0 Å². The topological polar surface area (TPSA) is 117 Å². The van der Waals surface area contributed by atoms with Crippen LogP contribution in [0.1, 0.15) is 25.0 Å². The third-order valence-corrected chi connectivity index (χ3v) is 4.27. The van der Waals surface area contributed by atoms with Crippen LogP contribution in [0.2, 0.25) is 0 Å². The highest BCUT2D eigenvalue weighted by Gasteiger charge is 2.26. The number of hydrogen-bond donors (Lipinski definition) is 4. The van der Waals surface area contributed by atoms with Crippen LogP contribution in [0.3, 0.4) is 0 Å². The van der Waals surface area contributed by atoms with Gasteiger partial charge in [-0.1, -0.05) is 26.0 Å². The minimum absolute atomic E-state index is 0.0838. The smallest absolute Gasteiger partial charge is 0.249 e. The highest BCUT2D eigenvalue weighted by Crippen LogP contribution is 2.12. The zero-order valence-electron chi connectivity index (χ0n) is 16.2. The molecule has 2 atom stereocenters. The average Bonchev–Trinajstić information content (AvgIpc) is 2.68. The molecule has 0 spiro atoms. The zero-order valence-corrected chi connectivity index (χ0v) is 16.2. The first-order valence-electron chi connectivity index (χ1n) is 9.08. The molecule has 0 aliphatic rings. The predicted molar refractivity (Wildman–Crippen MR) is 103 cm³/mol. The highest BCUT2D eigenvalue weighted by molar-refractivity contribution is 5.89. The van der Waals surface area contributed by atoms with E-state index in [0.29, 0.717) is 16.9 Å². The number of aromatic nitrogens is 1. The lowest BCUT2D eigenvalue weighted by Crippen LogP contribution is -2.51. The Kier molecular flexibility index (Phi) is 7.60. The molecule has 1 heterocycles. The molecule has 0 saturated heterocycles. The van der Waals surface area contributed by atoms with E-state index in [-0.39, 0.29) is 18.9 Å². The molecule has 2 aromatic rings. The minimum atomic E-state index is -1.31. The fourth-order valence-electron chi connectivity index (χ4n) is 2.52. The van der Waals surface area contributed by atoms with Crippen LogP contribution in [-0.4, -0.2) is 34.1 Å². The summed E-state index contributed by atoms with van der Waals surface area (Å²) in [4.78, 5) is 28.8. The van der Waals surface area contributed by atoms with E-state index in [2.05, 4.69) is 15.6 Å². The largest absolute Gasteiger partial charge is 0.384 e. The van der Waals surface area contributed by atoms with Gasteiger partial charge in [-0.2, -0.15) is 0 Å². The molecule has 2 rings (SSSR count). The van der Waals surface area contributed by atoms with Crippen molar-refractivity contribution in [2.75, 3.05) is 5.73 Å². The van der Waals surface area contributed by atoms with Gasteiger partial charge in [-0.05, 0) is 35.2 Å². The lowest BCUT2D eigenvalue weighted by molar-refractivity contribution is -0.135. The number of nitrogen functional groups attached to an aromatic ring is 1. The van der Waals surface area contributed by atoms with Gasteiger partial charge in [0.05, 0.1) is 0 Å². The first-order chi connectivity index (χ1) is 13.7. The summed E-state index contributed by atoms with van der Waals surface area (Å²) in [6.07, 6.45) is 0.109. The number of halogens is 2. The highest BCUT2D eigenvalue weighted by atomic mass is 19.2. The van der Waals surface area contributed by atoms with E-state index in [0.717, 1.165) is 12.1 Å². The number of anilines is 1. The number of carbonyl (C=O) groups is 2. The number of nitrogens with one attached hydrogen (secondary N) is 2. The molecule has 5 N–H and O–H groups in total. The maximum Gasteiger partial charge on any atom is 0.249 e. The van der Waals surface area contributed by atoms with Crippen LogP contribution in [0.25, 0.3) is 0 Å². The monoisotopic (exact) mass is 406 g/mol. The first-order valence-corrected chi connectivity index (χ1v) is 9.08. The van der Waals surface area contributed by atoms with Crippen molar-refractivity contribution < 1.29 is 23.5 Å². The van der Waals surface area contributed by atoms with Crippen LogP contribution < -0.4 is 16.4 Å². The molecular formula is C20H24F2N4O3. The van der Waals surface area contributed by atoms with E-state index in [4.69, 9.17) is 5.73 Å². The van der Waals surface area contributed by atoms with E-state index in [1.165, 1.54) is 12.3 Å². The van der Waals surface area contributed by atoms with E-state index < -0.39 is 35.6 Å². The number of hydrogen-bond acceptors (Lipinski definition) is 5. The molecule has 9 heteroatoms. The number of benzene rings is 1. The number of amides is 2. The summed E-state index contributed by atoms with van der Waals surface area (Å²) in [5, 5.41) is 15.1. The number of nitrogens with two attached hydrogens (primary N) is 1. The number of aliphatic hydroxyl groups is 1. The second kappa shape index (κ2) is 9.92. The molecular weight excluding hydrogens is 382 g/mol. The van der Waals surface area contributed by atoms with Crippen LogP contribution in [-0.2, 0) is 22.6 Å². The Morgan fingerprint density at radius 1 is 1.10 bits per heavy atom. The van der Waals surface area contributed by atoms with Crippen LogP contribution in [0.15, 0.2) is 36.5 Å². The quantitative estimate of drug-likeness (QED) is 0.527. The lowest BCUT2D eigenvalue weighted by atomic mass is 10.0. The molecule has 0 bridgehead atoms. The lowest BCUT2D eigenvalue weighted by Gasteiger charge is -2.22. The molecule has 7 nitrogen and oxygen atoms in total. The molecule has 2 amide bonds. The zero-order chi connectivity index (χ0) is 21.6. The van der Waals surface area contributed by atoms with E-state index in [1.54, 1.807) is 26.0 Å². The van der Waals surface area contributed by atoms with Gasteiger partial charge in [-0.3, -0.25) is 9.59 Å². The van der Waals surface area contributed by atoms with Crippen molar-refractivity contribution in [1.82, 2.24) is 15.6 Å². The molecule has 0 unspecified atom stereocenters. The van der Waals surface area contributed by atoms with Gasteiger partial charge in [0.2, 0.25) is 11.8 Å². The van der Waals surface area contributed by atoms with Gasteiger partial charge in [0, 0.05) is 19.2 Å². The summed E-state index contributed by atoms with van der Waals surface area (Å²) in [6.45, 7) is 3.44. The first kappa shape index (κ1) is 22.2. The second-order valence-electron chi connectivity index (χ2n) is 7.01. The van der Waals surface area contributed by atoms with Gasteiger partial charge in [0.15, 0.2) is 11.6 Å². The SMILES string of the molecule is CC(C)[C@H](O)C(=O)N[C@@H](Cc1ccc(F)c(F)c1)C(=O)NCc1ccc(N)nc1. The maximum atomic E-state index is 13.5. The van der Waals surface area contributed by atoms with Crippen molar-refractivity contribution in [3.63, 3.8) is 0 Å². The standard InChI is InChI=1S/C20H24F2N4O3/c1-11(2)18(27)20(29)26-16(8-12-3-5-14(21)15(22)7-12)19(28)25-10-13-4-6-17(23)24-9-13/h3-7,9,11,16,18,27H,8,10H2,1-2H3,(H2,23,24)(H,25,28)(H,26,29)/t16-,18-/m0/s1. The summed E-state index contributed by atoms with van der Waals surface area (Å²) in [7, 11) is 0. The summed E-state index contributed by atoms with van der Waals surface area (Å²) in [5.74, 6) is -3.35. The minimum Gasteiger partial charge on any atom is -0.384 e. The molecule has 0 saturated carbocycles. The fraction of sp³-hybridized carbons (Fsp3) is 0.350. The van der Waals surface area contributed by atoms with E-state index >= 15 is 0 Å². The average molecular weight is 406 g/mol.